The summed E-state index contributed by atoms with van der Waals surface area (Å²) >= 11 is 0. The molecular formula is C37H64O8. The van der Waals surface area contributed by atoms with Gasteiger partial charge in [0.2, 0.25) is 0 Å². The summed E-state index contributed by atoms with van der Waals surface area (Å²) in [6, 6.07) is 7.76. The Balaban J connectivity index is 2.49. The third-order valence-corrected chi connectivity index (χ3v) is 8.01. The molecular weight excluding hydrogens is 572 g/mol. The normalized spacial score (nSPS) is 15.7. The first kappa shape index (κ1) is 40.8. The molecule has 0 aliphatic carbocycles. The molecule has 0 bridgehead atoms. The highest BCUT2D eigenvalue weighted by atomic mass is 16.6. The van der Waals surface area contributed by atoms with E-state index >= 15 is 0 Å². The highest BCUT2D eigenvalue weighted by molar-refractivity contribution is 5.39. The summed E-state index contributed by atoms with van der Waals surface area (Å²) in [4.78, 5) is 0. The molecule has 0 spiro atoms. The second-order valence-corrected chi connectivity index (χ2v) is 12.2. The molecule has 0 aliphatic rings. The van der Waals surface area contributed by atoms with E-state index in [2.05, 4.69) is 41.5 Å². The van der Waals surface area contributed by atoms with Crippen molar-refractivity contribution in [3.63, 3.8) is 0 Å². The Bertz CT molecular complexity index is 948. The lowest BCUT2D eigenvalue weighted by Gasteiger charge is -2.31. The molecule has 8 heteroatoms. The summed E-state index contributed by atoms with van der Waals surface area (Å²) in [5.74, 6) is 2.92. The van der Waals surface area contributed by atoms with Gasteiger partial charge in [-0.1, -0.05) is 60.1 Å². The fourth-order valence-electron chi connectivity index (χ4n) is 4.21. The maximum Gasteiger partial charge on any atom is 0.161 e. The molecule has 0 heterocycles. The van der Waals surface area contributed by atoms with Gasteiger partial charge in [0.1, 0.15) is 13.2 Å². The zero-order valence-corrected chi connectivity index (χ0v) is 29.9. The fraction of sp³-hybridized carbons (Fsp3) is 0.730. The van der Waals surface area contributed by atoms with E-state index in [4.69, 9.17) is 37.9 Å². The van der Waals surface area contributed by atoms with Crippen molar-refractivity contribution in [1.82, 2.24) is 0 Å². The van der Waals surface area contributed by atoms with Crippen LogP contribution in [0.5, 0.6) is 11.5 Å². The van der Waals surface area contributed by atoms with Crippen LogP contribution in [0.3, 0.4) is 0 Å². The summed E-state index contributed by atoms with van der Waals surface area (Å²) in [5.41, 5.74) is -0.212. The van der Waals surface area contributed by atoms with Crippen LogP contribution in [0.2, 0.25) is 0 Å². The largest absolute Gasteiger partial charge is 0.489 e. The predicted octanol–water partition coefficient (Wildman–Crippen LogP) is 8.39. The molecule has 0 saturated heterocycles. The van der Waals surface area contributed by atoms with Crippen LogP contribution in [-0.2, 0) is 28.4 Å². The van der Waals surface area contributed by atoms with Crippen molar-refractivity contribution in [2.75, 3.05) is 73.2 Å². The quantitative estimate of drug-likeness (QED) is 0.0516. The lowest BCUT2D eigenvalue weighted by molar-refractivity contribution is -0.0676. The number of para-hydroxylation sites is 2. The van der Waals surface area contributed by atoms with E-state index in [1.807, 2.05) is 50.3 Å². The number of unbranched alkanes of at least 4 members (excludes halogenated alkanes) is 1. The van der Waals surface area contributed by atoms with Gasteiger partial charge in [0.25, 0.3) is 0 Å². The monoisotopic (exact) mass is 636 g/mol. The van der Waals surface area contributed by atoms with Crippen molar-refractivity contribution in [1.29, 1.82) is 0 Å². The van der Waals surface area contributed by atoms with E-state index in [1.165, 1.54) is 0 Å². The Morgan fingerprint density at radius 3 is 1.93 bits per heavy atom. The number of rotatable bonds is 28. The van der Waals surface area contributed by atoms with Crippen LogP contribution >= 0.6 is 0 Å². The number of methoxy groups -OCH3 is 1. The van der Waals surface area contributed by atoms with Gasteiger partial charge in [-0.2, -0.15) is 0 Å². The standard InChI is InChI=1S/C37H64O8/c1-10-16-21-39-22-24-41-32(12-3)33(13-4)44-30-37(8,15-6)28-43-31(11-2)26-40-23-25-42-34-19-17-18-20-35(34)45-29-36(7,14-5)27-38-9/h12-13,17-20,31H,10-11,14-16,21-30H2,1-9H3/b32-12+,33-13+. The lowest BCUT2D eigenvalue weighted by Crippen LogP contribution is -2.32. The highest BCUT2D eigenvalue weighted by Crippen LogP contribution is 2.30. The van der Waals surface area contributed by atoms with Gasteiger partial charge in [-0.15, -0.1) is 0 Å². The molecule has 0 aromatic heterocycles. The third kappa shape index (κ3) is 16.7. The number of hydrogen-bond donors (Lipinski definition) is 0. The minimum absolute atomic E-state index is 0.0117. The van der Waals surface area contributed by atoms with Crippen LogP contribution in [0.25, 0.3) is 0 Å². The average Bonchev–Trinajstić information content (AvgIpc) is 3.06. The summed E-state index contributed by atoms with van der Waals surface area (Å²) in [7, 11) is 1.72. The van der Waals surface area contributed by atoms with Crippen molar-refractivity contribution in [3.8, 4) is 11.5 Å². The van der Waals surface area contributed by atoms with E-state index in [1.54, 1.807) is 7.11 Å². The number of allylic oxidation sites excluding steroid dienone is 2. The van der Waals surface area contributed by atoms with Crippen LogP contribution in [0.1, 0.15) is 87.5 Å². The summed E-state index contributed by atoms with van der Waals surface area (Å²) in [5, 5.41) is 0. The number of ether oxygens (including phenoxy) is 8. The Morgan fingerprint density at radius 1 is 0.711 bits per heavy atom. The smallest absolute Gasteiger partial charge is 0.161 e. The molecule has 3 atom stereocenters. The predicted molar refractivity (Wildman–Crippen MR) is 182 cm³/mol. The first-order chi connectivity index (χ1) is 21.7. The van der Waals surface area contributed by atoms with Gasteiger partial charge >= 0.3 is 0 Å². The summed E-state index contributed by atoms with van der Waals surface area (Å²) < 4.78 is 47.7. The maximum atomic E-state index is 6.33. The van der Waals surface area contributed by atoms with E-state index in [0.29, 0.717) is 65.2 Å². The van der Waals surface area contributed by atoms with Crippen molar-refractivity contribution < 1.29 is 37.9 Å². The van der Waals surface area contributed by atoms with Crippen LogP contribution in [0.4, 0.5) is 0 Å². The summed E-state index contributed by atoms with van der Waals surface area (Å²) in [6.07, 6.45) is 8.79. The molecule has 0 fully saturated rings. The van der Waals surface area contributed by atoms with Gasteiger partial charge in [-0.3, -0.25) is 0 Å². The minimum atomic E-state index is -0.159. The third-order valence-electron chi connectivity index (χ3n) is 8.01. The van der Waals surface area contributed by atoms with E-state index < -0.39 is 0 Å². The van der Waals surface area contributed by atoms with Gasteiger partial charge in [0.05, 0.1) is 52.4 Å². The van der Waals surface area contributed by atoms with Gasteiger partial charge in [-0.25, -0.2) is 0 Å². The van der Waals surface area contributed by atoms with E-state index in [9.17, 15) is 0 Å². The van der Waals surface area contributed by atoms with Crippen LogP contribution in [0.15, 0.2) is 47.9 Å². The molecule has 1 aromatic rings. The molecule has 3 unspecified atom stereocenters. The molecule has 1 rings (SSSR count). The second-order valence-electron chi connectivity index (χ2n) is 12.2. The van der Waals surface area contributed by atoms with E-state index in [0.717, 1.165) is 56.0 Å². The van der Waals surface area contributed by atoms with Gasteiger partial charge in [0, 0.05) is 24.5 Å². The van der Waals surface area contributed by atoms with Gasteiger partial charge < -0.3 is 37.9 Å². The van der Waals surface area contributed by atoms with Crippen LogP contribution in [-0.4, -0.2) is 79.3 Å². The number of benzene rings is 1. The molecule has 0 saturated carbocycles. The maximum absolute atomic E-state index is 6.33. The van der Waals surface area contributed by atoms with Crippen LogP contribution < -0.4 is 9.47 Å². The Kier molecular flexibility index (Phi) is 21.7. The molecule has 0 N–H and O–H groups in total. The average molecular weight is 637 g/mol. The molecule has 45 heavy (non-hydrogen) atoms. The molecule has 0 amide bonds. The Hall–Kier alpha value is -2.26. The molecule has 260 valence electrons. The Morgan fingerprint density at radius 2 is 1.33 bits per heavy atom. The number of hydrogen-bond acceptors (Lipinski definition) is 8. The zero-order valence-electron chi connectivity index (χ0n) is 29.9. The van der Waals surface area contributed by atoms with Crippen LogP contribution in [0, 0.1) is 10.8 Å². The molecule has 8 nitrogen and oxygen atoms in total. The van der Waals surface area contributed by atoms with Crippen molar-refractivity contribution in [3.05, 3.63) is 47.9 Å². The molecule has 0 radical (unpaired) electrons. The first-order valence-corrected chi connectivity index (χ1v) is 16.9. The van der Waals surface area contributed by atoms with Gasteiger partial charge in [0.15, 0.2) is 23.0 Å². The molecule has 0 aliphatic heterocycles. The molecule has 1 aromatic carbocycles. The first-order valence-electron chi connectivity index (χ1n) is 16.9. The Labute approximate surface area is 274 Å². The minimum Gasteiger partial charge on any atom is -0.489 e. The zero-order chi connectivity index (χ0) is 33.4. The second kappa shape index (κ2) is 24.0. The van der Waals surface area contributed by atoms with Crippen molar-refractivity contribution >= 4 is 0 Å². The topological polar surface area (TPSA) is 73.8 Å². The SMILES string of the molecule is C/C=C(OCCOCCCC)\C(=C/C)OCC(C)(CC)COC(CC)COCCOc1ccccc1OCC(C)(CC)COC. The van der Waals surface area contributed by atoms with Crippen molar-refractivity contribution in [2.45, 2.75) is 93.6 Å². The fourth-order valence-corrected chi connectivity index (χ4v) is 4.21. The lowest BCUT2D eigenvalue weighted by atomic mass is 9.89. The summed E-state index contributed by atoms with van der Waals surface area (Å²) in [6.45, 7) is 22.4. The highest BCUT2D eigenvalue weighted by Gasteiger charge is 2.27. The van der Waals surface area contributed by atoms with E-state index in [-0.39, 0.29) is 16.9 Å². The van der Waals surface area contributed by atoms with Crippen molar-refractivity contribution in [2.24, 2.45) is 10.8 Å². The van der Waals surface area contributed by atoms with Gasteiger partial charge in [-0.05, 0) is 63.8 Å².